The fourth-order valence-electron chi connectivity index (χ4n) is 3.39. The van der Waals surface area contributed by atoms with Crippen LogP contribution in [0.1, 0.15) is 39.5 Å². The zero-order chi connectivity index (χ0) is 13.5. The second-order valence-corrected chi connectivity index (χ2v) is 6.73. The van der Waals surface area contributed by atoms with Gasteiger partial charge in [0.05, 0.1) is 18.3 Å². The van der Waals surface area contributed by atoms with Crippen molar-refractivity contribution in [3.63, 3.8) is 0 Å². The Bertz CT molecular complexity index is 362. The molecule has 4 heteroatoms. The molecule has 0 aromatic carbocycles. The van der Waals surface area contributed by atoms with Crippen LogP contribution in [0, 0.1) is 17.2 Å². The fourth-order valence-corrected chi connectivity index (χ4v) is 3.39. The molecule has 1 heterocycles. The molecule has 1 aliphatic heterocycles. The molecule has 3 rings (SSSR count). The number of nitriles is 1. The van der Waals surface area contributed by atoms with Gasteiger partial charge in [-0.1, -0.05) is 0 Å². The van der Waals surface area contributed by atoms with Gasteiger partial charge in [-0.3, -0.25) is 10.2 Å². The highest BCUT2D eigenvalue weighted by Crippen LogP contribution is 2.42. The first-order chi connectivity index (χ1) is 9.11. The van der Waals surface area contributed by atoms with Gasteiger partial charge in [0.25, 0.3) is 0 Å². The second-order valence-electron chi connectivity index (χ2n) is 6.73. The number of nitrogens with one attached hydrogen (secondary N) is 1. The molecule has 0 radical (unpaired) electrons. The molecule has 3 unspecified atom stereocenters. The Morgan fingerprint density at radius 3 is 2.32 bits per heavy atom. The van der Waals surface area contributed by atoms with Crippen molar-refractivity contribution in [3.8, 4) is 6.07 Å². The van der Waals surface area contributed by atoms with E-state index in [0.29, 0.717) is 12.0 Å². The quantitative estimate of drug-likeness (QED) is 0.817. The van der Waals surface area contributed by atoms with E-state index in [-0.39, 0.29) is 17.7 Å². The molecule has 3 aliphatic rings. The van der Waals surface area contributed by atoms with Gasteiger partial charge in [-0.2, -0.15) is 5.26 Å². The van der Waals surface area contributed by atoms with E-state index in [9.17, 15) is 5.26 Å². The van der Waals surface area contributed by atoms with Gasteiger partial charge in [-0.15, -0.1) is 0 Å². The van der Waals surface area contributed by atoms with E-state index in [0.717, 1.165) is 19.6 Å². The van der Waals surface area contributed by atoms with Gasteiger partial charge in [-0.25, -0.2) is 0 Å². The van der Waals surface area contributed by atoms with Crippen LogP contribution in [0.15, 0.2) is 0 Å². The van der Waals surface area contributed by atoms with Crippen molar-refractivity contribution in [3.05, 3.63) is 0 Å². The van der Waals surface area contributed by atoms with Crippen LogP contribution >= 0.6 is 0 Å². The lowest BCUT2D eigenvalue weighted by Crippen LogP contribution is -2.58. The van der Waals surface area contributed by atoms with Crippen LogP contribution in [0.5, 0.6) is 0 Å². The number of hydrogen-bond acceptors (Lipinski definition) is 4. The zero-order valence-corrected chi connectivity index (χ0v) is 12.1. The summed E-state index contributed by atoms with van der Waals surface area (Å²) in [7, 11) is 0. The van der Waals surface area contributed by atoms with E-state index in [1.165, 1.54) is 25.7 Å². The van der Waals surface area contributed by atoms with Crippen molar-refractivity contribution in [1.29, 1.82) is 5.26 Å². The highest BCUT2D eigenvalue weighted by molar-refractivity contribution is 5.18. The minimum atomic E-state index is -0.308. The third-order valence-corrected chi connectivity index (χ3v) is 4.48. The molecule has 0 bridgehead atoms. The summed E-state index contributed by atoms with van der Waals surface area (Å²) >= 11 is 0. The minimum Gasteiger partial charge on any atom is -0.373 e. The van der Waals surface area contributed by atoms with Crippen LogP contribution in [0.3, 0.4) is 0 Å². The molecule has 1 N–H and O–H groups in total. The molecule has 1 saturated heterocycles. The van der Waals surface area contributed by atoms with E-state index in [1.807, 2.05) is 0 Å². The van der Waals surface area contributed by atoms with E-state index in [1.54, 1.807) is 0 Å². The van der Waals surface area contributed by atoms with Gasteiger partial charge < -0.3 is 4.74 Å². The largest absolute Gasteiger partial charge is 0.373 e. The van der Waals surface area contributed by atoms with Crippen LogP contribution in [-0.4, -0.2) is 48.3 Å². The summed E-state index contributed by atoms with van der Waals surface area (Å²) in [5.41, 5.74) is -0.308. The van der Waals surface area contributed by atoms with Crippen molar-refractivity contribution < 1.29 is 4.74 Å². The van der Waals surface area contributed by atoms with Crippen LogP contribution < -0.4 is 5.32 Å². The van der Waals surface area contributed by atoms with Gasteiger partial charge in [0.15, 0.2) is 0 Å². The molecule has 0 amide bonds. The van der Waals surface area contributed by atoms with Crippen molar-refractivity contribution in [1.82, 2.24) is 10.2 Å². The Kier molecular flexibility index (Phi) is 3.55. The Morgan fingerprint density at radius 2 is 1.84 bits per heavy atom. The fraction of sp³-hybridized carbons (Fsp3) is 0.933. The number of ether oxygens (including phenoxy) is 1. The molecular formula is C15H25N3O. The average Bonchev–Trinajstić information content (AvgIpc) is 3.20. The highest BCUT2D eigenvalue weighted by atomic mass is 16.5. The average molecular weight is 263 g/mol. The van der Waals surface area contributed by atoms with Crippen LogP contribution in [0.25, 0.3) is 0 Å². The van der Waals surface area contributed by atoms with Crippen molar-refractivity contribution in [2.45, 2.75) is 63.3 Å². The van der Waals surface area contributed by atoms with Crippen molar-refractivity contribution >= 4 is 0 Å². The summed E-state index contributed by atoms with van der Waals surface area (Å²) < 4.78 is 5.79. The molecule has 106 valence electrons. The van der Waals surface area contributed by atoms with Gasteiger partial charge in [0.1, 0.15) is 5.54 Å². The van der Waals surface area contributed by atoms with Crippen molar-refractivity contribution in [2.75, 3.05) is 19.6 Å². The summed E-state index contributed by atoms with van der Waals surface area (Å²) in [5, 5.41) is 13.4. The molecule has 0 aromatic rings. The lowest BCUT2D eigenvalue weighted by molar-refractivity contribution is -0.0729. The van der Waals surface area contributed by atoms with Crippen LogP contribution in [0.4, 0.5) is 0 Å². The molecule has 0 aromatic heterocycles. The highest BCUT2D eigenvalue weighted by Gasteiger charge is 2.49. The molecule has 3 fully saturated rings. The Hall–Kier alpha value is -0.630. The Balaban J connectivity index is 1.67. The first-order valence-electron chi connectivity index (χ1n) is 7.68. The zero-order valence-electron chi connectivity index (χ0n) is 12.1. The molecule has 19 heavy (non-hydrogen) atoms. The van der Waals surface area contributed by atoms with E-state index < -0.39 is 0 Å². The van der Waals surface area contributed by atoms with E-state index in [2.05, 4.69) is 30.1 Å². The third kappa shape index (κ3) is 3.10. The lowest BCUT2D eigenvalue weighted by atomic mass is 9.93. The summed E-state index contributed by atoms with van der Waals surface area (Å²) in [6, 6.07) is 3.23. The summed E-state index contributed by atoms with van der Waals surface area (Å²) in [4.78, 5) is 2.43. The van der Waals surface area contributed by atoms with Gasteiger partial charge >= 0.3 is 0 Å². The summed E-state index contributed by atoms with van der Waals surface area (Å²) in [6.45, 7) is 7.02. The number of nitrogens with zero attached hydrogens (tertiary/aromatic N) is 2. The third-order valence-electron chi connectivity index (χ3n) is 4.48. The van der Waals surface area contributed by atoms with Crippen LogP contribution in [0.2, 0.25) is 0 Å². The molecule has 0 spiro atoms. The second kappa shape index (κ2) is 5.05. The first kappa shape index (κ1) is 13.4. The predicted molar refractivity (Wildman–Crippen MR) is 73.7 cm³/mol. The van der Waals surface area contributed by atoms with Gasteiger partial charge in [0, 0.05) is 25.7 Å². The van der Waals surface area contributed by atoms with Crippen LogP contribution in [-0.2, 0) is 4.74 Å². The Morgan fingerprint density at radius 1 is 1.21 bits per heavy atom. The molecule has 2 aliphatic carbocycles. The monoisotopic (exact) mass is 263 g/mol. The number of rotatable bonds is 5. The van der Waals surface area contributed by atoms with Gasteiger partial charge in [0.2, 0.25) is 0 Å². The summed E-state index contributed by atoms with van der Waals surface area (Å²) in [5.74, 6) is 0.562. The van der Waals surface area contributed by atoms with Crippen molar-refractivity contribution in [2.24, 2.45) is 5.92 Å². The number of morpholine rings is 1. The lowest BCUT2D eigenvalue weighted by Gasteiger charge is -2.40. The first-order valence-corrected chi connectivity index (χ1v) is 7.68. The smallest absolute Gasteiger partial charge is 0.122 e. The molecule has 2 saturated carbocycles. The maximum atomic E-state index is 9.76. The molecular weight excluding hydrogens is 238 g/mol. The predicted octanol–water partition coefficient (Wildman–Crippen LogP) is 1.52. The number of hydrogen-bond donors (Lipinski definition) is 1. The topological polar surface area (TPSA) is 48.3 Å². The minimum absolute atomic E-state index is 0.278. The Labute approximate surface area is 116 Å². The van der Waals surface area contributed by atoms with E-state index >= 15 is 0 Å². The standard InChI is InChI=1S/C15H25N3O/c1-11-7-18(8-12(2)19-11)10-15(9-16,13-3-4-13)17-14-5-6-14/h11-14,17H,3-8,10H2,1-2H3. The molecule has 4 nitrogen and oxygen atoms in total. The van der Waals surface area contributed by atoms with E-state index in [4.69, 9.17) is 4.74 Å². The SMILES string of the molecule is CC1CN(CC(C#N)(NC2CC2)C2CC2)CC(C)O1. The van der Waals surface area contributed by atoms with Gasteiger partial charge in [-0.05, 0) is 45.4 Å². The maximum Gasteiger partial charge on any atom is 0.122 e. The normalized spacial score (nSPS) is 35.6. The maximum absolute atomic E-state index is 9.76. The molecule has 3 atom stereocenters. The summed E-state index contributed by atoms with van der Waals surface area (Å²) in [6.07, 6.45) is 5.46.